The molecule has 0 spiro atoms. The molecular formula is C21H26. The van der Waals surface area contributed by atoms with Gasteiger partial charge in [-0.1, -0.05) is 99.3 Å². The third-order valence-electron chi connectivity index (χ3n) is 3.06. The number of rotatable bonds is 5. The Hall–Kier alpha value is -2.08. The topological polar surface area (TPSA) is 0 Å². The van der Waals surface area contributed by atoms with Crippen LogP contribution in [0.5, 0.6) is 0 Å². The van der Waals surface area contributed by atoms with Gasteiger partial charge in [0.2, 0.25) is 0 Å². The van der Waals surface area contributed by atoms with E-state index in [1.807, 2.05) is 42.5 Å². The van der Waals surface area contributed by atoms with E-state index in [1.165, 1.54) is 24.0 Å². The minimum Gasteiger partial charge on any atom is -0.0985 e. The van der Waals surface area contributed by atoms with Gasteiger partial charge in [-0.25, -0.2) is 0 Å². The molecule has 0 N–H and O–H groups in total. The highest BCUT2D eigenvalue weighted by atomic mass is 14.0. The lowest BCUT2D eigenvalue weighted by molar-refractivity contribution is 0.595. The van der Waals surface area contributed by atoms with Crippen LogP contribution in [0, 0.1) is 5.92 Å². The molecule has 21 heavy (non-hydrogen) atoms. The predicted molar refractivity (Wildman–Crippen MR) is 96.1 cm³/mol. The van der Waals surface area contributed by atoms with E-state index in [2.05, 4.69) is 56.8 Å². The highest BCUT2D eigenvalue weighted by Gasteiger charge is 1.89. The quantitative estimate of drug-likeness (QED) is 0.588. The van der Waals surface area contributed by atoms with Gasteiger partial charge in [0.05, 0.1) is 0 Å². The van der Waals surface area contributed by atoms with Crippen molar-refractivity contribution in [2.24, 2.45) is 5.92 Å². The van der Waals surface area contributed by atoms with Crippen LogP contribution in [0.1, 0.15) is 37.8 Å². The molecule has 2 aromatic carbocycles. The fourth-order valence-corrected chi connectivity index (χ4v) is 1.80. The fraction of sp³-hybridized carbons (Fsp3) is 0.238. The molecule has 2 rings (SSSR count). The zero-order valence-electron chi connectivity index (χ0n) is 13.2. The van der Waals surface area contributed by atoms with Gasteiger partial charge in [-0.15, -0.1) is 0 Å². The van der Waals surface area contributed by atoms with Gasteiger partial charge in [0.15, 0.2) is 0 Å². The first-order valence-electron chi connectivity index (χ1n) is 7.61. The Labute approximate surface area is 129 Å². The Bertz CT molecular complexity index is 506. The van der Waals surface area contributed by atoms with Crippen molar-refractivity contribution < 1.29 is 0 Å². The molecule has 0 aromatic heterocycles. The molecule has 0 atom stereocenters. The second-order valence-electron chi connectivity index (χ2n) is 5.40. The molecule has 0 heteroatoms. The average molecular weight is 278 g/mol. The van der Waals surface area contributed by atoms with E-state index in [0.29, 0.717) is 0 Å². The van der Waals surface area contributed by atoms with Crippen molar-refractivity contribution in [3.05, 3.63) is 84.4 Å². The molecule has 0 aliphatic rings. The van der Waals surface area contributed by atoms with Gasteiger partial charge in [0.25, 0.3) is 0 Å². The van der Waals surface area contributed by atoms with Crippen molar-refractivity contribution in [3.63, 3.8) is 0 Å². The third kappa shape index (κ3) is 8.65. The van der Waals surface area contributed by atoms with Crippen molar-refractivity contribution in [3.8, 4) is 0 Å². The van der Waals surface area contributed by atoms with Crippen LogP contribution in [0.25, 0.3) is 12.2 Å². The summed E-state index contributed by atoms with van der Waals surface area (Å²) in [6, 6.07) is 20.5. The Morgan fingerprint density at radius 3 is 1.81 bits per heavy atom. The number of hydrogen-bond donors (Lipinski definition) is 0. The van der Waals surface area contributed by atoms with Gasteiger partial charge >= 0.3 is 0 Å². The summed E-state index contributed by atoms with van der Waals surface area (Å²) >= 11 is 0. The summed E-state index contributed by atoms with van der Waals surface area (Å²) in [5, 5.41) is 0. The molecule has 0 saturated heterocycles. The largest absolute Gasteiger partial charge is 0.0985 e. The molecule has 0 radical (unpaired) electrons. The maximum atomic E-state index is 3.63. The minimum atomic E-state index is 0.806. The first kappa shape index (κ1) is 17.0. The SMILES string of the molecule is C=Cc1ccccc1.CC(C)CCC=Cc1ccccc1. The van der Waals surface area contributed by atoms with Crippen molar-refractivity contribution >= 4 is 12.2 Å². The second-order valence-corrected chi connectivity index (χ2v) is 5.40. The van der Waals surface area contributed by atoms with Crippen LogP contribution in [0.15, 0.2) is 73.3 Å². The van der Waals surface area contributed by atoms with E-state index < -0.39 is 0 Å². The lowest BCUT2D eigenvalue weighted by Crippen LogP contribution is -1.83. The van der Waals surface area contributed by atoms with Crippen molar-refractivity contribution in [1.29, 1.82) is 0 Å². The summed E-state index contributed by atoms with van der Waals surface area (Å²) < 4.78 is 0. The van der Waals surface area contributed by atoms with Gasteiger partial charge in [-0.05, 0) is 29.9 Å². The summed E-state index contributed by atoms with van der Waals surface area (Å²) in [6.45, 7) is 8.15. The van der Waals surface area contributed by atoms with Crippen LogP contribution < -0.4 is 0 Å². The zero-order chi connectivity index (χ0) is 15.3. The Kier molecular flexibility index (Phi) is 8.63. The highest BCUT2D eigenvalue weighted by Crippen LogP contribution is 2.07. The molecule has 0 aliphatic heterocycles. The molecule has 110 valence electrons. The molecular weight excluding hydrogens is 252 g/mol. The summed E-state index contributed by atoms with van der Waals surface area (Å²) in [5.41, 5.74) is 2.47. The normalized spacial score (nSPS) is 10.2. The van der Waals surface area contributed by atoms with Crippen LogP contribution in [-0.4, -0.2) is 0 Å². The summed E-state index contributed by atoms with van der Waals surface area (Å²) in [4.78, 5) is 0. The van der Waals surface area contributed by atoms with E-state index in [9.17, 15) is 0 Å². The monoisotopic (exact) mass is 278 g/mol. The maximum absolute atomic E-state index is 3.63. The molecule has 0 aliphatic carbocycles. The molecule has 0 bridgehead atoms. The maximum Gasteiger partial charge on any atom is -0.0260 e. The van der Waals surface area contributed by atoms with Crippen LogP contribution in [0.2, 0.25) is 0 Å². The third-order valence-corrected chi connectivity index (χ3v) is 3.06. The average Bonchev–Trinajstić information content (AvgIpc) is 2.54. The Balaban J connectivity index is 0.000000235. The first-order valence-corrected chi connectivity index (χ1v) is 7.61. The predicted octanol–water partition coefficient (Wildman–Crippen LogP) is 6.47. The molecule has 0 fully saturated rings. The molecule has 0 nitrogen and oxygen atoms in total. The standard InChI is InChI=1S/C13H18.C8H8/c1-12(2)8-6-7-11-13-9-4-3-5-10-13;1-2-8-6-4-3-5-7-8/h3-5,7,9-12H,6,8H2,1-2H3;2-7H,1H2. The lowest BCUT2D eigenvalue weighted by atomic mass is 10.1. The van der Waals surface area contributed by atoms with Crippen LogP contribution in [0.3, 0.4) is 0 Å². The van der Waals surface area contributed by atoms with Crippen LogP contribution in [0.4, 0.5) is 0 Å². The van der Waals surface area contributed by atoms with Gasteiger partial charge in [0, 0.05) is 0 Å². The van der Waals surface area contributed by atoms with Crippen molar-refractivity contribution in [2.75, 3.05) is 0 Å². The molecule has 0 amide bonds. The van der Waals surface area contributed by atoms with Crippen LogP contribution in [-0.2, 0) is 0 Å². The second kappa shape index (κ2) is 10.7. The van der Waals surface area contributed by atoms with Crippen molar-refractivity contribution in [2.45, 2.75) is 26.7 Å². The van der Waals surface area contributed by atoms with E-state index in [0.717, 1.165) is 5.92 Å². The number of allylic oxidation sites excluding steroid dienone is 1. The van der Waals surface area contributed by atoms with E-state index in [-0.39, 0.29) is 0 Å². The number of benzene rings is 2. The van der Waals surface area contributed by atoms with Crippen LogP contribution >= 0.6 is 0 Å². The minimum absolute atomic E-state index is 0.806. The highest BCUT2D eigenvalue weighted by molar-refractivity contribution is 5.48. The summed E-state index contributed by atoms with van der Waals surface area (Å²) in [5.74, 6) is 0.806. The Morgan fingerprint density at radius 1 is 0.857 bits per heavy atom. The summed E-state index contributed by atoms with van der Waals surface area (Å²) in [6.07, 6.45) is 8.76. The Morgan fingerprint density at radius 2 is 1.38 bits per heavy atom. The molecule has 2 aromatic rings. The van der Waals surface area contributed by atoms with E-state index in [4.69, 9.17) is 0 Å². The van der Waals surface area contributed by atoms with Crippen molar-refractivity contribution in [1.82, 2.24) is 0 Å². The lowest BCUT2D eigenvalue weighted by Gasteiger charge is -1.98. The first-order chi connectivity index (χ1) is 10.2. The fourth-order valence-electron chi connectivity index (χ4n) is 1.80. The van der Waals surface area contributed by atoms with E-state index in [1.54, 1.807) is 0 Å². The zero-order valence-corrected chi connectivity index (χ0v) is 13.2. The molecule has 0 saturated carbocycles. The smallest absolute Gasteiger partial charge is 0.0260 e. The van der Waals surface area contributed by atoms with Gasteiger partial charge < -0.3 is 0 Å². The molecule has 0 unspecified atom stereocenters. The van der Waals surface area contributed by atoms with Gasteiger partial charge in [-0.2, -0.15) is 0 Å². The van der Waals surface area contributed by atoms with E-state index >= 15 is 0 Å². The van der Waals surface area contributed by atoms with Gasteiger partial charge in [-0.3, -0.25) is 0 Å². The number of hydrogen-bond acceptors (Lipinski definition) is 0. The molecule has 0 heterocycles. The summed E-state index contributed by atoms with van der Waals surface area (Å²) in [7, 11) is 0. The van der Waals surface area contributed by atoms with Gasteiger partial charge in [0.1, 0.15) is 0 Å².